The maximum Gasteiger partial charge on any atom is 0.148 e. The minimum absolute atomic E-state index is 0.381. The predicted molar refractivity (Wildman–Crippen MR) is 76.4 cm³/mol. The van der Waals surface area contributed by atoms with Gasteiger partial charge in [0, 0.05) is 11.6 Å². The van der Waals surface area contributed by atoms with Crippen LogP contribution in [0, 0.1) is 5.92 Å². The molecule has 1 heterocycles. The fourth-order valence-corrected chi connectivity index (χ4v) is 1.86. The van der Waals surface area contributed by atoms with E-state index in [0.29, 0.717) is 17.8 Å². The maximum absolute atomic E-state index is 5.50. The van der Waals surface area contributed by atoms with Crippen molar-refractivity contribution < 1.29 is 0 Å². The van der Waals surface area contributed by atoms with E-state index in [9.17, 15) is 0 Å². The molecule has 0 aliphatic rings. The van der Waals surface area contributed by atoms with E-state index >= 15 is 0 Å². The quantitative estimate of drug-likeness (QED) is 0.513. The Hall–Kier alpha value is -1.36. The minimum Gasteiger partial charge on any atom is -0.367 e. The van der Waals surface area contributed by atoms with Crippen LogP contribution in [0.2, 0.25) is 0 Å². The highest BCUT2D eigenvalue weighted by atomic mass is 15.3. The Morgan fingerprint density at radius 1 is 1.22 bits per heavy atom. The van der Waals surface area contributed by atoms with Crippen LogP contribution >= 0.6 is 0 Å². The molecule has 0 saturated heterocycles. The van der Waals surface area contributed by atoms with Crippen molar-refractivity contribution in [2.45, 2.75) is 53.0 Å². The molecule has 0 aliphatic carbocycles. The van der Waals surface area contributed by atoms with Gasteiger partial charge in [-0.1, -0.05) is 33.6 Å². The number of aromatic nitrogens is 2. The summed E-state index contributed by atoms with van der Waals surface area (Å²) < 4.78 is 0. The van der Waals surface area contributed by atoms with Crippen molar-refractivity contribution >= 4 is 11.6 Å². The lowest BCUT2D eigenvalue weighted by atomic mass is 10.0. The lowest BCUT2D eigenvalue weighted by Crippen LogP contribution is -2.25. The van der Waals surface area contributed by atoms with Gasteiger partial charge in [-0.25, -0.2) is 15.8 Å². The van der Waals surface area contributed by atoms with E-state index in [1.165, 1.54) is 0 Å². The standard InChI is InChI=1S/C13H25N5/c1-5-7-11-12(15-8-16-13(11)18-14)17-10(4)9(3)6-2/h8-10H,5-7,14H2,1-4H3,(H2,15,16,17,18). The highest BCUT2D eigenvalue weighted by Gasteiger charge is 2.15. The van der Waals surface area contributed by atoms with Crippen LogP contribution in [-0.4, -0.2) is 16.0 Å². The number of nitrogens with one attached hydrogen (secondary N) is 2. The molecule has 0 spiro atoms. The fraction of sp³-hybridized carbons (Fsp3) is 0.692. The second-order valence-corrected chi connectivity index (χ2v) is 4.76. The molecule has 5 heteroatoms. The van der Waals surface area contributed by atoms with Gasteiger partial charge < -0.3 is 10.7 Å². The van der Waals surface area contributed by atoms with E-state index in [4.69, 9.17) is 5.84 Å². The molecular formula is C13H25N5. The Bertz CT molecular complexity index is 366. The summed E-state index contributed by atoms with van der Waals surface area (Å²) >= 11 is 0. The van der Waals surface area contributed by atoms with Crippen LogP contribution in [0.1, 0.15) is 46.1 Å². The number of hydrogen-bond acceptors (Lipinski definition) is 5. The molecule has 102 valence electrons. The first kappa shape index (κ1) is 14.7. The highest BCUT2D eigenvalue weighted by Crippen LogP contribution is 2.23. The molecule has 2 atom stereocenters. The largest absolute Gasteiger partial charge is 0.367 e. The van der Waals surface area contributed by atoms with Gasteiger partial charge in [0.1, 0.15) is 18.0 Å². The molecule has 18 heavy (non-hydrogen) atoms. The van der Waals surface area contributed by atoms with Gasteiger partial charge in [0.2, 0.25) is 0 Å². The third kappa shape index (κ3) is 3.57. The molecule has 2 unspecified atom stereocenters. The van der Waals surface area contributed by atoms with Crippen molar-refractivity contribution in [3.8, 4) is 0 Å². The Morgan fingerprint density at radius 2 is 1.89 bits per heavy atom. The molecule has 1 aromatic heterocycles. The number of hydrazine groups is 1. The third-order valence-electron chi connectivity index (χ3n) is 3.44. The number of nitrogens with zero attached hydrogens (tertiary/aromatic N) is 2. The van der Waals surface area contributed by atoms with Gasteiger partial charge in [-0.15, -0.1) is 0 Å². The molecule has 0 amide bonds. The molecule has 0 saturated carbocycles. The monoisotopic (exact) mass is 251 g/mol. The van der Waals surface area contributed by atoms with Gasteiger partial charge in [-0.2, -0.15) is 0 Å². The van der Waals surface area contributed by atoms with E-state index < -0.39 is 0 Å². The van der Waals surface area contributed by atoms with Gasteiger partial charge in [-0.05, 0) is 19.3 Å². The Balaban J connectivity index is 2.93. The van der Waals surface area contributed by atoms with Crippen LogP contribution in [0.25, 0.3) is 0 Å². The average molecular weight is 251 g/mol. The molecule has 0 fully saturated rings. The van der Waals surface area contributed by atoms with Crippen LogP contribution < -0.4 is 16.6 Å². The van der Waals surface area contributed by atoms with Crippen molar-refractivity contribution in [1.82, 2.24) is 9.97 Å². The van der Waals surface area contributed by atoms with Crippen molar-refractivity contribution in [3.63, 3.8) is 0 Å². The predicted octanol–water partition coefficient (Wildman–Crippen LogP) is 2.56. The number of anilines is 2. The van der Waals surface area contributed by atoms with Crippen molar-refractivity contribution in [2.24, 2.45) is 11.8 Å². The van der Waals surface area contributed by atoms with Gasteiger partial charge in [-0.3, -0.25) is 0 Å². The zero-order valence-electron chi connectivity index (χ0n) is 11.8. The molecular weight excluding hydrogens is 226 g/mol. The Labute approximate surface area is 110 Å². The summed E-state index contributed by atoms with van der Waals surface area (Å²) in [5, 5.41) is 3.47. The summed E-state index contributed by atoms with van der Waals surface area (Å²) in [6.07, 6.45) is 4.63. The molecule has 1 aromatic rings. The Kier molecular flexibility index (Phi) is 5.85. The van der Waals surface area contributed by atoms with Crippen LogP contribution in [0.4, 0.5) is 11.6 Å². The summed E-state index contributed by atoms with van der Waals surface area (Å²) in [5.74, 6) is 7.71. The van der Waals surface area contributed by atoms with Gasteiger partial charge >= 0.3 is 0 Å². The van der Waals surface area contributed by atoms with Gasteiger partial charge in [0.15, 0.2) is 0 Å². The lowest BCUT2D eigenvalue weighted by molar-refractivity contribution is 0.493. The van der Waals surface area contributed by atoms with Crippen LogP contribution in [0.3, 0.4) is 0 Å². The molecule has 0 bridgehead atoms. The molecule has 0 aliphatic heterocycles. The van der Waals surface area contributed by atoms with E-state index in [0.717, 1.165) is 30.6 Å². The fourth-order valence-electron chi connectivity index (χ4n) is 1.86. The van der Waals surface area contributed by atoms with Crippen molar-refractivity contribution in [3.05, 3.63) is 11.9 Å². The number of rotatable bonds is 7. The van der Waals surface area contributed by atoms with Crippen molar-refractivity contribution in [1.29, 1.82) is 0 Å². The summed E-state index contributed by atoms with van der Waals surface area (Å²) in [6.45, 7) is 8.75. The topological polar surface area (TPSA) is 75.9 Å². The lowest BCUT2D eigenvalue weighted by Gasteiger charge is -2.22. The SMILES string of the molecule is CCCc1c(NN)ncnc1NC(C)C(C)CC. The summed E-state index contributed by atoms with van der Waals surface area (Å²) in [4.78, 5) is 8.51. The Morgan fingerprint density at radius 3 is 2.44 bits per heavy atom. The minimum atomic E-state index is 0.381. The highest BCUT2D eigenvalue weighted by molar-refractivity contribution is 5.57. The third-order valence-corrected chi connectivity index (χ3v) is 3.44. The first-order valence-corrected chi connectivity index (χ1v) is 6.71. The van der Waals surface area contributed by atoms with Gasteiger partial charge in [0.25, 0.3) is 0 Å². The zero-order chi connectivity index (χ0) is 13.5. The first-order chi connectivity index (χ1) is 8.63. The maximum atomic E-state index is 5.50. The summed E-state index contributed by atoms with van der Waals surface area (Å²) in [7, 11) is 0. The summed E-state index contributed by atoms with van der Waals surface area (Å²) in [5.41, 5.74) is 3.71. The molecule has 0 radical (unpaired) electrons. The van der Waals surface area contributed by atoms with E-state index in [-0.39, 0.29) is 0 Å². The normalized spacial score (nSPS) is 14.1. The number of nitrogens with two attached hydrogens (primary N) is 1. The number of hydrogen-bond donors (Lipinski definition) is 3. The molecule has 0 aromatic carbocycles. The second-order valence-electron chi connectivity index (χ2n) is 4.76. The summed E-state index contributed by atoms with van der Waals surface area (Å²) in [6, 6.07) is 0.381. The second kappa shape index (κ2) is 7.16. The van der Waals surface area contributed by atoms with Crippen LogP contribution in [0.15, 0.2) is 6.33 Å². The molecule has 5 nitrogen and oxygen atoms in total. The van der Waals surface area contributed by atoms with Crippen molar-refractivity contribution in [2.75, 3.05) is 10.7 Å². The average Bonchev–Trinajstić information content (AvgIpc) is 2.39. The van der Waals surface area contributed by atoms with Crippen LogP contribution in [-0.2, 0) is 6.42 Å². The number of nitrogen functional groups attached to an aromatic ring is 1. The first-order valence-electron chi connectivity index (χ1n) is 6.71. The van der Waals surface area contributed by atoms with E-state index in [1.807, 2.05) is 0 Å². The molecule has 4 N–H and O–H groups in total. The van der Waals surface area contributed by atoms with Gasteiger partial charge in [0.05, 0.1) is 0 Å². The smallest absolute Gasteiger partial charge is 0.148 e. The zero-order valence-corrected chi connectivity index (χ0v) is 11.8. The van der Waals surface area contributed by atoms with E-state index in [1.54, 1.807) is 6.33 Å². The van der Waals surface area contributed by atoms with E-state index in [2.05, 4.69) is 48.4 Å². The molecule has 1 rings (SSSR count). The van der Waals surface area contributed by atoms with Crippen LogP contribution in [0.5, 0.6) is 0 Å².